The van der Waals surface area contributed by atoms with Crippen LogP contribution in [0.1, 0.15) is 11.9 Å². The first kappa shape index (κ1) is 9.93. The van der Waals surface area contributed by atoms with Crippen molar-refractivity contribution < 1.29 is 9.47 Å². The van der Waals surface area contributed by atoms with Gasteiger partial charge in [-0.05, 0) is 12.1 Å². The highest BCUT2D eigenvalue weighted by atomic mass is 35.5. The van der Waals surface area contributed by atoms with Crippen molar-refractivity contribution >= 4 is 11.6 Å². The third kappa shape index (κ3) is 2.25. The van der Waals surface area contributed by atoms with Crippen LogP contribution >= 0.6 is 11.6 Å². The summed E-state index contributed by atoms with van der Waals surface area (Å²) in [7, 11) is 0. The smallest absolute Gasteiger partial charge is 0.183 e. The molecule has 0 aromatic heterocycles. The normalized spacial score (nSPS) is 27.6. The van der Waals surface area contributed by atoms with Crippen LogP contribution < -0.4 is 5.73 Å². The van der Waals surface area contributed by atoms with E-state index in [4.69, 9.17) is 26.8 Å². The lowest BCUT2D eigenvalue weighted by atomic mass is 10.2. The van der Waals surface area contributed by atoms with Gasteiger partial charge in [0.2, 0.25) is 0 Å². The van der Waals surface area contributed by atoms with Crippen LogP contribution in [0.2, 0.25) is 5.02 Å². The SMILES string of the molecule is NC1COC(c2ccc(Cl)cc2)OC1. The molecule has 1 aliphatic rings. The molecular weight excluding hydrogens is 202 g/mol. The van der Waals surface area contributed by atoms with Gasteiger partial charge in [-0.25, -0.2) is 0 Å². The first-order valence-electron chi connectivity index (χ1n) is 4.50. The van der Waals surface area contributed by atoms with E-state index >= 15 is 0 Å². The summed E-state index contributed by atoms with van der Waals surface area (Å²) in [5.74, 6) is 0. The summed E-state index contributed by atoms with van der Waals surface area (Å²) in [6, 6.07) is 7.41. The Morgan fingerprint density at radius 1 is 1.14 bits per heavy atom. The highest BCUT2D eigenvalue weighted by Gasteiger charge is 2.20. The Balaban J connectivity index is 2.05. The maximum Gasteiger partial charge on any atom is 0.183 e. The maximum absolute atomic E-state index is 5.77. The molecule has 3 nitrogen and oxygen atoms in total. The van der Waals surface area contributed by atoms with Gasteiger partial charge in [-0.3, -0.25) is 0 Å². The molecule has 1 fully saturated rings. The molecule has 1 saturated heterocycles. The van der Waals surface area contributed by atoms with Crippen LogP contribution in [0.15, 0.2) is 24.3 Å². The van der Waals surface area contributed by atoms with E-state index in [-0.39, 0.29) is 12.3 Å². The van der Waals surface area contributed by atoms with Gasteiger partial charge in [0.1, 0.15) is 0 Å². The van der Waals surface area contributed by atoms with Crippen molar-refractivity contribution in [3.05, 3.63) is 34.9 Å². The third-order valence-electron chi connectivity index (χ3n) is 2.07. The topological polar surface area (TPSA) is 44.5 Å². The summed E-state index contributed by atoms with van der Waals surface area (Å²) in [5.41, 5.74) is 6.60. The van der Waals surface area contributed by atoms with E-state index in [9.17, 15) is 0 Å². The van der Waals surface area contributed by atoms with Crippen molar-refractivity contribution in [1.82, 2.24) is 0 Å². The lowest BCUT2D eigenvalue weighted by molar-refractivity contribution is -0.189. The van der Waals surface area contributed by atoms with Gasteiger partial charge >= 0.3 is 0 Å². The molecule has 0 unspecified atom stereocenters. The van der Waals surface area contributed by atoms with E-state index in [0.717, 1.165) is 5.56 Å². The van der Waals surface area contributed by atoms with Gasteiger partial charge in [-0.1, -0.05) is 23.7 Å². The second-order valence-corrected chi connectivity index (χ2v) is 3.75. The zero-order chi connectivity index (χ0) is 9.97. The van der Waals surface area contributed by atoms with Crippen LogP contribution in [0.25, 0.3) is 0 Å². The van der Waals surface area contributed by atoms with E-state index in [1.165, 1.54) is 0 Å². The van der Waals surface area contributed by atoms with E-state index in [0.29, 0.717) is 18.2 Å². The largest absolute Gasteiger partial charge is 0.347 e. The second-order valence-electron chi connectivity index (χ2n) is 3.31. The molecule has 2 rings (SSSR count). The molecule has 0 bridgehead atoms. The quantitative estimate of drug-likeness (QED) is 0.773. The van der Waals surface area contributed by atoms with Gasteiger partial charge in [0.05, 0.1) is 19.3 Å². The summed E-state index contributed by atoms with van der Waals surface area (Å²) in [6.45, 7) is 1.07. The molecule has 1 aromatic carbocycles. The fraction of sp³-hybridized carbons (Fsp3) is 0.400. The average Bonchev–Trinajstić information content (AvgIpc) is 2.21. The van der Waals surface area contributed by atoms with Gasteiger partial charge in [0.25, 0.3) is 0 Å². The first-order chi connectivity index (χ1) is 6.75. The molecule has 0 radical (unpaired) electrons. The number of halogens is 1. The van der Waals surface area contributed by atoms with E-state index in [1.807, 2.05) is 24.3 Å². The highest BCUT2D eigenvalue weighted by Crippen LogP contribution is 2.23. The van der Waals surface area contributed by atoms with Gasteiger partial charge in [-0.2, -0.15) is 0 Å². The molecular formula is C10H12ClNO2. The molecule has 0 amide bonds. The predicted octanol–water partition coefficient (Wildman–Crippen LogP) is 1.71. The molecule has 0 atom stereocenters. The van der Waals surface area contributed by atoms with Crippen LogP contribution in [-0.4, -0.2) is 19.3 Å². The predicted molar refractivity (Wildman–Crippen MR) is 54.1 cm³/mol. The highest BCUT2D eigenvalue weighted by molar-refractivity contribution is 6.30. The Morgan fingerprint density at radius 3 is 2.29 bits per heavy atom. The lowest BCUT2D eigenvalue weighted by Gasteiger charge is -2.27. The Labute approximate surface area is 87.8 Å². The van der Waals surface area contributed by atoms with Gasteiger partial charge < -0.3 is 15.2 Å². The number of nitrogens with two attached hydrogens (primary N) is 1. The Morgan fingerprint density at radius 2 is 1.71 bits per heavy atom. The molecule has 1 heterocycles. The van der Waals surface area contributed by atoms with E-state index in [1.54, 1.807) is 0 Å². The van der Waals surface area contributed by atoms with Crippen molar-refractivity contribution in [1.29, 1.82) is 0 Å². The number of ether oxygens (including phenoxy) is 2. The number of benzene rings is 1. The number of hydrogen-bond donors (Lipinski definition) is 1. The Bertz CT molecular complexity index is 293. The summed E-state index contributed by atoms with van der Waals surface area (Å²) < 4.78 is 10.9. The van der Waals surface area contributed by atoms with Crippen LogP contribution in [0.4, 0.5) is 0 Å². The average molecular weight is 214 g/mol. The van der Waals surface area contributed by atoms with Crippen LogP contribution in [-0.2, 0) is 9.47 Å². The zero-order valence-electron chi connectivity index (χ0n) is 7.65. The second kappa shape index (κ2) is 4.28. The Kier molecular flexibility index (Phi) is 3.03. The molecule has 2 N–H and O–H groups in total. The zero-order valence-corrected chi connectivity index (χ0v) is 8.41. The van der Waals surface area contributed by atoms with E-state index in [2.05, 4.69) is 0 Å². The van der Waals surface area contributed by atoms with Crippen LogP contribution in [0, 0.1) is 0 Å². The summed E-state index contributed by atoms with van der Waals surface area (Å²) in [4.78, 5) is 0. The summed E-state index contributed by atoms with van der Waals surface area (Å²) >= 11 is 5.77. The molecule has 0 aliphatic carbocycles. The summed E-state index contributed by atoms with van der Waals surface area (Å²) in [5, 5.41) is 0.710. The van der Waals surface area contributed by atoms with Gasteiger partial charge in [-0.15, -0.1) is 0 Å². The maximum atomic E-state index is 5.77. The molecule has 1 aromatic rings. The molecule has 1 aliphatic heterocycles. The van der Waals surface area contributed by atoms with Gasteiger partial charge in [0.15, 0.2) is 6.29 Å². The minimum Gasteiger partial charge on any atom is -0.347 e. The molecule has 0 saturated carbocycles. The third-order valence-corrected chi connectivity index (χ3v) is 2.32. The lowest BCUT2D eigenvalue weighted by Crippen LogP contribution is -2.37. The van der Waals surface area contributed by atoms with Crippen LogP contribution in [0.3, 0.4) is 0 Å². The fourth-order valence-corrected chi connectivity index (χ4v) is 1.46. The molecule has 4 heteroatoms. The van der Waals surface area contributed by atoms with Crippen molar-refractivity contribution in [3.63, 3.8) is 0 Å². The minimum absolute atomic E-state index is 0.0152. The summed E-state index contributed by atoms with van der Waals surface area (Å²) in [6.07, 6.45) is -0.299. The van der Waals surface area contributed by atoms with Crippen molar-refractivity contribution in [2.75, 3.05) is 13.2 Å². The minimum atomic E-state index is -0.299. The molecule has 14 heavy (non-hydrogen) atoms. The molecule has 0 spiro atoms. The number of rotatable bonds is 1. The fourth-order valence-electron chi connectivity index (χ4n) is 1.33. The van der Waals surface area contributed by atoms with Crippen LogP contribution in [0.5, 0.6) is 0 Å². The Hall–Kier alpha value is -0.610. The van der Waals surface area contributed by atoms with Gasteiger partial charge in [0, 0.05) is 10.6 Å². The van der Waals surface area contributed by atoms with Crippen molar-refractivity contribution in [2.24, 2.45) is 5.73 Å². The van der Waals surface area contributed by atoms with Crippen molar-refractivity contribution in [3.8, 4) is 0 Å². The molecule has 76 valence electrons. The standard InChI is InChI=1S/C10H12ClNO2/c11-8-3-1-7(2-4-8)10-13-5-9(12)6-14-10/h1-4,9-10H,5-6,12H2. The first-order valence-corrected chi connectivity index (χ1v) is 4.88. The monoisotopic (exact) mass is 213 g/mol. The number of hydrogen-bond acceptors (Lipinski definition) is 3. The van der Waals surface area contributed by atoms with E-state index < -0.39 is 0 Å². The van der Waals surface area contributed by atoms with Crippen molar-refractivity contribution in [2.45, 2.75) is 12.3 Å².